The third kappa shape index (κ3) is 6.88. The zero-order valence-electron chi connectivity index (χ0n) is 10.3. The number of Topliss-reactive ketones (excluding diaryl/α,β-unsaturated/α-hetero) is 1. The summed E-state index contributed by atoms with van der Waals surface area (Å²) in [6, 6.07) is 0. The molecule has 0 saturated carbocycles. The van der Waals surface area contributed by atoms with E-state index >= 15 is 0 Å². The molecular weight excluding hydrogens is 172 g/mol. The quantitative estimate of drug-likeness (QED) is 0.584. The fourth-order valence-electron chi connectivity index (χ4n) is 1.89. The molecule has 0 amide bonds. The minimum atomic E-state index is 0.0314. The van der Waals surface area contributed by atoms with Crippen LogP contribution in [-0.2, 0) is 4.79 Å². The van der Waals surface area contributed by atoms with Crippen molar-refractivity contribution in [2.24, 2.45) is 5.41 Å². The summed E-state index contributed by atoms with van der Waals surface area (Å²) in [6.07, 6.45) is 6.55. The fourth-order valence-corrected chi connectivity index (χ4v) is 1.89. The zero-order chi connectivity index (χ0) is 11.2. The van der Waals surface area contributed by atoms with Gasteiger partial charge in [-0.1, -0.05) is 38.8 Å². The van der Waals surface area contributed by atoms with Crippen molar-refractivity contribution in [3.63, 3.8) is 0 Å². The van der Waals surface area contributed by atoms with Crippen LogP contribution >= 0.6 is 0 Å². The Balaban J connectivity index is 4.22. The van der Waals surface area contributed by atoms with Gasteiger partial charge in [0, 0.05) is 6.42 Å². The summed E-state index contributed by atoms with van der Waals surface area (Å²) in [5, 5.41) is 0. The van der Waals surface area contributed by atoms with E-state index in [9.17, 15) is 4.79 Å². The highest BCUT2D eigenvalue weighted by Gasteiger charge is 2.16. The van der Waals surface area contributed by atoms with Crippen LogP contribution in [0.25, 0.3) is 0 Å². The van der Waals surface area contributed by atoms with Crippen molar-refractivity contribution in [3.05, 3.63) is 11.6 Å². The van der Waals surface area contributed by atoms with Gasteiger partial charge in [-0.3, -0.25) is 4.79 Å². The fraction of sp³-hybridized carbons (Fsp3) is 0.769. The second-order valence-corrected chi connectivity index (χ2v) is 4.96. The van der Waals surface area contributed by atoms with E-state index in [1.807, 2.05) is 0 Å². The van der Waals surface area contributed by atoms with Crippen molar-refractivity contribution in [3.8, 4) is 0 Å². The summed E-state index contributed by atoms with van der Waals surface area (Å²) in [6.45, 7) is 10.3. The van der Waals surface area contributed by atoms with Gasteiger partial charge in [-0.2, -0.15) is 0 Å². The van der Waals surface area contributed by atoms with E-state index in [2.05, 4.69) is 33.8 Å². The molecule has 0 bridgehead atoms. The van der Waals surface area contributed by atoms with Gasteiger partial charge in [0.15, 0.2) is 0 Å². The first-order valence-corrected chi connectivity index (χ1v) is 5.55. The van der Waals surface area contributed by atoms with Gasteiger partial charge in [0.1, 0.15) is 5.78 Å². The SMILES string of the molecule is CCCCC(C)=CC(C)(C)CC(C)=O. The summed E-state index contributed by atoms with van der Waals surface area (Å²) >= 11 is 0. The number of rotatable bonds is 6. The van der Waals surface area contributed by atoms with Crippen LogP contribution in [0.5, 0.6) is 0 Å². The number of ketones is 1. The van der Waals surface area contributed by atoms with Crippen molar-refractivity contribution in [1.82, 2.24) is 0 Å². The molecule has 0 unspecified atom stereocenters. The largest absolute Gasteiger partial charge is 0.300 e. The molecule has 14 heavy (non-hydrogen) atoms. The molecule has 0 aliphatic rings. The smallest absolute Gasteiger partial charge is 0.130 e. The van der Waals surface area contributed by atoms with Crippen molar-refractivity contribution in [2.75, 3.05) is 0 Å². The molecule has 0 aromatic carbocycles. The standard InChI is InChI=1S/C13H24O/c1-6-7-8-11(2)9-13(4,5)10-12(3)14/h9H,6-8,10H2,1-5H3. The monoisotopic (exact) mass is 196 g/mol. The highest BCUT2D eigenvalue weighted by atomic mass is 16.1. The first-order valence-electron chi connectivity index (χ1n) is 5.55. The molecule has 82 valence electrons. The Hall–Kier alpha value is -0.590. The molecule has 0 aliphatic heterocycles. The Labute approximate surface area is 88.6 Å². The Morgan fingerprint density at radius 1 is 1.29 bits per heavy atom. The number of hydrogen-bond donors (Lipinski definition) is 0. The molecule has 0 aliphatic carbocycles. The summed E-state index contributed by atoms with van der Waals surface area (Å²) in [4.78, 5) is 11.0. The van der Waals surface area contributed by atoms with Crippen molar-refractivity contribution in [2.45, 2.75) is 60.3 Å². The van der Waals surface area contributed by atoms with Crippen LogP contribution in [0.2, 0.25) is 0 Å². The van der Waals surface area contributed by atoms with E-state index in [4.69, 9.17) is 0 Å². The minimum Gasteiger partial charge on any atom is -0.300 e. The zero-order valence-corrected chi connectivity index (χ0v) is 10.3. The van der Waals surface area contributed by atoms with E-state index < -0.39 is 0 Å². The lowest BCUT2D eigenvalue weighted by Crippen LogP contribution is -2.12. The number of carbonyl (C=O) groups is 1. The summed E-state index contributed by atoms with van der Waals surface area (Å²) in [7, 11) is 0. The first kappa shape index (κ1) is 13.4. The highest BCUT2D eigenvalue weighted by Crippen LogP contribution is 2.25. The summed E-state index contributed by atoms with van der Waals surface area (Å²) < 4.78 is 0. The van der Waals surface area contributed by atoms with Gasteiger partial charge < -0.3 is 0 Å². The number of unbranched alkanes of at least 4 members (excludes halogenated alkanes) is 1. The molecule has 0 aromatic heterocycles. The number of hydrogen-bond acceptors (Lipinski definition) is 1. The van der Waals surface area contributed by atoms with Crippen LogP contribution < -0.4 is 0 Å². The first-order chi connectivity index (χ1) is 6.37. The number of carbonyl (C=O) groups excluding carboxylic acids is 1. The minimum absolute atomic E-state index is 0.0314. The summed E-state index contributed by atoms with van der Waals surface area (Å²) in [5.74, 6) is 0.273. The van der Waals surface area contributed by atoms with Crippen LogP contribution in [0.1, 0.15) is 60.3 Å². The average Bonchev–Trinajstić information content (AvgIpc) is 1.96. The molecule has 0 saturated heterocycles. The van der Waals surface area contributed by atoms with Gasteiger partial charge in [-0.05, 0) is 32.1 Å². The lowest BCUT2D eigenvalue weighted by Gasteiger charge is -2.19. The molecule has 0 fully saturated rings. The maximum Gasteiger partial charge on any atom is 0.130 e. The Morgan fingerprint density at radius 2 is 1.86 bits per heavy atom. The van der Waals surface area contributed by atoms with Crippen LogP contribution in [0, 0.1) is 5.41 Å². The van der Waals surface area contributed by atoms with Gasteiger partial charge in [-0.15, -0.1) is 0 Å². The molecule has 0 radical (unpaired) electrons. The Bertz CT molecular complexity index is 211. The lowest BCUT2D eigenvalue weighted by atomic mass is 9.85. The third-order valence-electron chi connectivity index (χ3n) is 2.27. The van der Waals surface area contributed by atoms with Crippen LogP contribution in [-0.4, -0.2) is 5.78 Å². The lowest BCUT2D eigenvalue weighted by molar-refractivity contribution is -0.118. The molecule has 1 heteroatoms. The number of allylic oxidation sites excluding steroid dienone is 2. The molecule has 1 nitrogen and oxygen atoms in total. The van der Waals surface area contributed by atoms with E-state index in [-0.39, 0.29) is 11.2 Å². The Kier molecular flexibility index (Phi) is 5.75. The van der Waals surface area contributed by atoms with Gasteiger partial charge in [-0.25, -0.2) is 0 Å². The van der Waals surface area contributed by atoms with Crippen molar-refractivity contribution < 1.29 is 4.79 Å². The van der Waals surface area contributed by atoms with Crippen LogP contribution in [0.15, 0.2) is 11.6 Å². The highest BCUT2D eigenvalue weighted by molar-refractivity contribution is 5.76. The topological polar surface area (TPSA) is 17.1 Å². The normalized spacial score (nSPS) is 13.1. The van der Waals surface area contributed by atoms with Gasteiger partial charge >= 0.3 is 0 Å². The average molecular weight is 196 g/mol. The molecule has 0 atom stereocenters. The van der Waals surface area contributed by atoms with E-state index in [0.717, 1.165) is 6.42 Å². The second-order valence-electron chi connectivity index (χ2n) is 4.96. The summed E-state index contributed by atoms with van der Waals surface area (Å²) in [5.41, 5.74) is 1.45. The van der Waals surface area contributed by atoms with E-state index in [1.165, 1.54) is 18.4 Å². The van der Waals surface area contributed by atoms with Crippen molar-refractivity contribution >= 4 is 5.78 Å². The third-order valence-corrected chi connectivity index (χ3v) is 2.27. The van der Waals surface area contributed by atoms with Crippen LogP contribution in [0.3, 0.4) is 0 Å². The second kappa shape index (κ2) is 6.00. The molecule has 0 heterocycles. The molecule has 0 aromatic rings. The maximum absolute atomic E-state index is 11.0. The van der Waals surface area contributed by atoms with Gasteiger partial charge in [0.2, 0.25) is 0 Å². The van der Waals surface area contributed by atoms with Crippen LogP contribution in [0.4, 0.5) is 0 Å². The van der Waals surface area contributed by atoms with Gasteiger partial charge in [0.05, 0.1) is 0 Å². The molecular formula is C13H24O. The van der Waals surface area contributed by atoms with Crippen molar-refractivity contribution in [1.29, 1.82) is 0 Å². The Morgan fingerprint density at radius 3 is 2.29 bits per heavy atom. The maximum atomic E-state index is 11.0. The predicted molar refractivity (Wildman–Crippen MR) is 62.4 cm³/mol. The molecule has 0 N–H and O–H groups in total. The van der Waals surface area contributed by atoms with E-state index in [0.29, 0.717) is 6.42 Å². The molecule has 0 rings (SSSR count). The van der Waals surface area contributed by atoms with E-state index in [1.54, 1.807) is 6.92 Å². The van der Waals surface area contributed by atoms with Gasteiger partial charge in [0.25, 0.3) is 0 Å². The molecule has 0 spiro atoms. The predicted octanol–water partition coefficient (Wildman–Crippen LogP) is 4.13.